The predicted octanol–water partition coefficient (Wildman–Crippen LogP) is 3.16. The van der Waals surface area contributed by atoms with Gasteiger partial charge in [0.15, 0.2) is 0 Å². The number of rotatable bonds is 5. The molecule has 5 heteroatoms. The Labute approximate surface area is 140 Å². The lowest BCUT2D eigenvalue weighted by atomic mass is 9.96. The summed E-state index contributed by atoms with van der Waals surface area (Å²) in [4.78, 5) is 12.0. The highest BCUT2D eigenvalue weighted by atomic mass is 79.9. The van der Waals surface area contributed by atoms with Gasteiger partial charge in [0, 0.05) is 28.9 Å². The van der Waals surface area contributed by atoms with Crippen LogP contribution in [0.1, 0.15) is 37.7 Å². The van der Waals surface area contributed by atoms with Crippen molar-refractivity contribution in [3.05, 3.63) is 34.3 Å². The van der Waals surface area contributed by atoms with Crippen molar-refractivity contribution in [1.29, 1.82) is 0 Å². The van der Waals surface area contributed by atoms with Crippen molar-refractivity contribution in [3.63, 3.8) is 0 Å². The Bertz CT molecular complexity index is 499. The quantitative estimate of drug-likeness (QED) is 0.832. The van der Waals surface area contributed by atoms with E-state index >= 15 is 0 Å². The fourth-order valence-electron chi connectivity index (χ4n) is 3.03. The molecule has 1 heterocycles. The van der Waals surface area contributed by atoms with Crippen LogP contribution in [0.15, 0.2) is 28.7 Å². The Balaban J connectivity index is 0.00000161. The molecular formula is C16H22BrClN2O. The monoisotopic (exact) mass is 372 g/mol. The minimum atomic E-state index is 0. The minimum absolute atomic E-state index is 0. The van der Waals surface area contributed by atoms with Crippen LogP contribution in [-0.2, 0) is 10.2 Å². The van der Waals surface area contributed by atoms with Crippen molar-refractivity contribution in [1.82, 2.24) is 10.6 Å². The van der Waals surface area contributed by atoms with Gasteiger partial charge in [-0.25, -0.2) is 0 Å². The lowest BCUT2D eigenvalue weighted by molar-refractivity contribution is -0.121. The molecule has 0 aromatic heterocycles. The molecule has 1 saturated heterocycles. The summed E-state index contributed by atoms with van der Waals surface area (Å²) >= 11 is 3.53. The zero-order valence-electron chi connectivity index (χ0n) is 12.0. The van der Waals surface area contributed by atoms with Crippen LogP contribution in [-0.4, -0.2) is 25.0 Å². The summed E-state index contributed by atoms with van der Waals surface area (Å²) in [6, 6.07) is 8.85. The van der Waals surface area contributed by atoms with E-state index in [9.17, 15) is 4.79 Å². The second-order valence-corrected chi connectivity index (χ2v) is 6.98. The molecule has 1 aromatic carbocycles. The van der Waals surface area contributed by atoms with Crippen LogP contribution < -0.4 is 10.6 Å². The van der Waals surface area contributed by atoms with E-state index in [0.29, 0.717) is 12.5 Å². The molecule has 0 spiro atoms. The molecule has 1 unspecified atom stereocenters. The van der Waals surface area contributed by atoms with E-state index in [1.165, 1.54) is 24.8 Å². The van der Waals surface area contributed by atoms with Gasteiger partial charge in [-0.15, -0.1) is 12.4 Å². The Morgan fingerprint density at radius 3 is 2.86 bits per heavy atom. The number of nitrogens with one attached hydrogen (secondary N) is 2. The number of hydrogen-bond acceptors (Lipinski definition) is 2. The third kappa shape index (κ3) is 4.21. The average molecular weight is 374 g/mol. The van der Waals surface area contributed by atoms with Gasteiger partial charge in [-0.3, -0.25) is 4.79 Å². The van der Waals surface area contributed by atoms with Gasteiger partial charge in [0.25, 0.3) is 0 Å². The molecule has 0 bridgehead atoms. The van der Waals surface area contributed by atoms with E-state index in [4.69, 9.17) is 0 Å². The highest BCUT2D eigenvalue weighted by Gasteiger charge is 2.44. The van der Waals surface area contributed by atoms with Gasteiger partial charge in [0.1, 0.15) is 0 Å². The predicted molar refractivity (Wildman–Crippen MR) is 91.0 cm³/mol. The van der Waals surface area contributed by atoms with Crippen molar-refractivity contribution in [2.75, 3.05) is 13.1 Å². The van der Waals surface area contributed by atoms with Crippen LogP contribution in [0.3, 0.4) is 0 Å². The molecule has 21 heavy (non-hydrogen) atoms. The first-order valence-electron chi connectivity index (χ1n) is 7.44. The minimum Gasteiger partial charge on any atom is -0.355 e. The molecule has 3 nitrogen and oxygen atoms in total. The van der Waals surface area contributed by atoms with Crippen LogP contribution in [0, 0.1) is 0 Å². The molecule has 1 aliphatic heterocycles. The maximum absolute atomic E-state index is 12.0. The average Bonchev–Trinajstić information content (AvgIpc) is 3.07. The highest BCUT2D eigenvalue weighted by molar-refractivity contribution is 9.10. The molecule has 0 radical (unpaired) electrons. The molecule has 1 atom stereocenters. The number of carbonyl (C=O) groups excluding carboxylic acids is 1. The SMILES string of the molecule is Cl.O=C(CC1CCCN1)NCC1(c2cccc(Br)c2)CC1. The third-order valence-corrected chi connectivity index (χ3v) is 5.00. The van der Waals surface area contributed by atoms with E-state index in [0.717, 1.165) is 24.0 Å². The molecule has 1 amide bonds. The summed E-state index contributed by atoms with van der Waals surface area (Å²) in [6.07, 6.45) is 5.29. The number of benzene rings is 1. The number of halogens is 2. The second-order valence-electron chi connectivity index (χ2n) is 6.06. The summed E-state index contributed by atoms with van der Waals surface area (Å²) in [7, 11) is 0. The van der Waals surface area contributed by atoms with Gasteiger partial charge in [-0.1, -0.05) is 28.1 Å². The van der Waals surface area contributed by atoms with Crippen LogP contribution in [0.2, 0.25) is 0 Å². The first kappa shape index (κ1) is 16.8. The molecule has 2 fully saturated rings. The van der Waals surface area contributed by atoms with Crippen molar-refractivity contribution in [2.45, 2.75) is 43.6 Å². The van der Waals surface area contributed by atoms with Crippen LogP contribution in [0.25, 0.3) is 0 Å². The second kappa shape index (κ2) is 7.12. The molecule has 116 valence electrons. The highest BCUT2D eigenvalue weighted by Crippen LogP contribution is 2.48. The van der Waals surface area contributed by atoms with Crippen LogP contribution in [0.5, 0.6) is 0 Å². The maximum Gasteiger partial charge on any atom is 0.221 e. The van der Waals surface area contributed by atoms with Crippen LogP contribution in [0.4, 0.5) is 0 Å². The first-order chi connectivity index (χ1) is 9.68. The molecule has 1 aliphatic carbocycles. The van der Waals surface area contributed by atoms with E-state index in [1.54, 1.807) is 0 Å². The Kier molecular flexibility index (Phi) is 5.69. The Morgan fingerprint density at radius 1 is 1.43 bits per heavy atom. The lowest BCUT2D eigenvalue weighted by Gasteiger charge is -2.18. The fourth-order valence-corrected chi connectivity index (χ4v) is 3.43. The van der Waals surface area contributed by atoms with Crippen molar-refractivity contribution in [2.24, 2.45) is 0 Å². The zero-order chi connectivity index (χ0) is 14.0. The lowest BCUT2D eigenvalue weighted by Crippen LogP contribution is -2.36. The maximum atomic E-state index is 12.0. The van der Waals surface area contributed by atoms with E-state index in [-0.39, 0.29) is 23.7 Å². The smallest absolute Gasteiger partial charge is 0.221 e. The Hall–Kier alpha value is -0.580. The van der Waals surface area contributed by atoms with Gasteiger partial charge in [-0.2, -0.15) is 0 Å². The number of carbonyl (C=O) groups is 1. The van der Waals surface area contributed by atoms with Gasteiger partial charge < -0.3 is 10.6 Å². The fraction of sp³-hybridized carbons (Fsp3) is 0.562. The summed E-state index contributed by atoms with van der Waals surface area (Å²) in [5.41, 5.74) is 1.52. The topological polar surface area (TPSA) is 41.1 Å². The van der Waals surface area contributed by atoms with Crippen molar-refractivity contribution < 1.29 is 4.79 Å². The molecule has 2 aliphatic rings. The number of hydrogen-bond donors (Lipinski definition) is 2. The van der Waals surface area contributed by atoms with Crippen molar-refractivity contribution >= 4 is 34.2 Å². The van der Waals surface area contributed by atoms with Gasteiger partial charge in [0.05, 0.1) is 0 Å². The zero-order valence-corrected chi connectivity index (χ0v) is 14.4. The van der Waals surface area contributed by atoms with Gasteiger partial charge in [0.2, 0.25) is 5.91 Å². The summed E-state index contributed by atoms with van der Waals surface area (Å²) in [5.74, 6) is 0.186. The van der Waals surface area contributed by atoms with E-state index in [1.807, 2.05) is 6.07 Å². The summed E-state index contributed by atoms with van der Waals surface area (Å²) in [5, 5.41) is 6.51. The largest absolute Gasteiger partial charge is 0.355 e. The summed E-state index contributed by atoms with van der Waals surface area (Å²) in [6.45, 7) is 1.83. The number of amides is 1. The van der Waals surface area contributed by atoms with Gasteiger partial charge >= 0.3 is 0 Å². The normalized spacial score (nSPS) is 22.4. The standard InChI is InChI=1S/C16H21BrN2O.ClH/c17-13-4-1-3-12(9-13)16(6-7-16)11-19-15(20)10-14-5-2-8-18-14;/h1,3-4,9,14,18H,2,5-8,10-11H2,(H,19,20);1H. The van der Waals surface area contributed by atoms with E-state index < -0.39 is 0 Å². The van der Waals surface area contributed by atoms with Gasteiger partial charge in [-0.05, 0) is 49.9 Å². The Morgan fingerprint density at radius 2 is 2.24 bits per heavy atom. The molecular weight excluding hydrogens is 352 g/mol. The molecule has 3 rings (SSSR count). The van der Waals surface area contributed by atoms with Crippen LogP contribution >= 0.6 is 28.3 Å². The molecule has 1 saturated carbocycles. The third-order valence-electron chi connectivity index (χ3n) is 4.51. The van der Waals surface area contributed by atoms with E-state index in [2.05, 4.69) is 44.8 Å². The summed E-state index contributed by atoms with van der Waals surface area (Å²) < 4.78 is 1.11. The molecule has 2 N–H and O–H groups in total. The van der Waals surface area contributed by atoms with Crippen molar-refractivity contribution in [3.8, 4) is 0 Å². The molecule has 1 aromatic rings. The first-order valence-corrected chi connectivity index (χ1v) is 8.23.